The molecule has 0 atom stereocenters. The van der Waals surface area contributed by atoms with E-state index in [1.165, 1.54) is 12.1 Å². The molecule has 3 aliphatic rings. The number of Topliss-reactive ketones (excluding diaryl/α,β-unsaturated/α-hetero) is 1. The molecule has 4 rings (SSSR count). The van der Waals surface area contributed by atoms with Crippen LogP contribution in [0.2, 0.25) is 0 Å². The van der Waals surface area contributed by atoms with Crippen LogP contribution in [0.3, 0.4) is 0 Å². The molecule has 2 saturated carbocycles. The fourth-order valence-electron chi connectivity index (χ4n) is 5.32. The lowest BCUT2D eigenvalue weighted by Gasteiger charge is -2.34. The Kier molecular flexibility index (Phi) is 7.12. The Morgan fingerprint density at radius 2 is 1.58 bits per heavy atom. The average Bonchev–Trinajstić information content (AvgIpc) is 3.62. The zero-order valence-corrected chi connectivity index (χ0v) is 18.8. The van der Waals surface area contributed by atoms with Gasteiger partial charge in [-0.25, -0.2) is 4.39 Å². The predicted octanol–water partition coefficient (Wildman–Crippen LogP) is 5.13. The lowest BCUT2D eigenvalue weighted by Crippen LogP contribution is -2.46. The van der Waals surface area contributed by atoms with Crippen molar-refractivity contribution in [2.24, 2.45) is 17.3 Å². The summed E-state index contributed by atoms with van der Waals surface area (Å²) in [4.78, 5) is 27.2. The van der Waals surface area contributed by atoms with Gasteiger partial charge >= 0.3 is 6.18 Å². The van der Waals surface area contributed by atoms with Crippen LogP contribution in [0, 0.1) is 23.1 Å². The molecule has 182 valence electrons. The zero-order chi connectivity index (χ0) is 23.6. The standard InChI is InChI=1S/C25H32F4N2O2/c26-20-5-3-18(4-6-20)22(32)19-10-15-31(16-11-19)14-9-17-1-7-21(8-2-17)30-23(33)24(12-13-24)25(27,28)29/h3-6,17,19,21H,1-2,7-16H2,(H,30,33)/t17-,21-. The summed E-state index contributed by atoms with van der Waals surface area (Å²) >= 11 is 0. The van der Waals surface area contributed by atoms with Crippen LogP contribution in [0.15, 0.2) is 24.3 Å². The summed E-state index contributed by atoms with van der Waals surface area (Å²) in [6, 6.07) is 5.60. The first kappa shape index (κ1) is 24.2. The van der Waals surface area contributed by atoms with Crippen molar-refractivity contribution in [1.29, 1.82) is 0 Å². The number of hydrogen-bond acceptors (Lipinski definition) is 3. The Hall–Kier alpha value is -1.96. The molecular weight excluding hydrogens is 436 g/mol. The second-order valence-corrected chi connectivity index (χ2v) is 10.0. The Bertz CT molecular complexity index is 835. The molecule has 1 aromatic rings. The number of alkyl halides is 3. The normalized spacial score (nSPS) is 26.1. The van der Waals surface area contributed by atoms with Crippen LogP contribution < -0.4 is 5.32 Å². The van der Waals surface area contributed by atoms with E-state index in [0.29, 0.717) is 11.5 Å². The second-order valence-electron chi connectivity index (χ2n) is 10.0. The number of rotatable bonds is 7. The maximum absolute atomic E-state index is 13.1. The van der Waals surface area contributed by atoms with Crippen LogP contribution in [0.1, 0.15) is 68.1 Å². The molecule has 1 aromatic carbocycles. The second kappa shape index (κ2) is 9.72. The van der Waals surface area contributed by atoms with Crippen molar-refractivity contribution < 1.29 is 27.2 Å². The van der Waals surface area contributed by atoms with Gasteiger partial charge < -0.3 is 10.2 Å². The number of carbonyl (C=O) groups is 2. The Balaban J connectivity index is 1.14. The predicted molar refractivity (Wildman–Crippen MR) is 116 cm³/mol. The van der Waals surface area contributed by atoms with Gasteiger partial charge in [0.25, 0.3) is 0 Å². The fraction of sp³-hybridized carbons (Fsp3) is 0.680. The molecule has 33 heavy (non-hydrogen) atoms. The van der Waals surface area contributed by atoms with E-state index in [4.69, 9.17) is 0 Å². The number of amides is 1. The highest BCUT2D eigenvalue weighted by Crippen LogP contribution is 2.57. The maximum Gasteiger partial charge on any atom is 0.403 e. The van der Waals surface area contributed by atoms with Crippen molar-refractivity contribution in [2.45, 2.75) is 70.0 Å². The minimum atomic E-state index is -4.45. The van der Waals surface area contributed by atoms with Gasteiger partial charge in [0, 0.05) is 17.5 Å². The molecule has 0 radical (unpaired) electrons. The molecule has 1 aliphatic heterocycles. The van der Waals surface area contributed by atoms with E-state index in [9.17, 15) is 27.2 Å². The van der Waals surface area contributed by atoms with Crippen molar-refractivity contribution in [3.8, 4) is 0 Å². The average molecular weight is 469 g/mol. The molecule has 0 bridgehead atoms. The van der Waals surface area contributed by atoms with E-state index in [-0.39, 0.29) is 36.4 Å². The summed E-state index contributed by atoms with van der Waals surface area (Å²) in [6.45, 7) is 2.68. The number of nitrogens with one attached hydrogen (secondary N) is 1. The Labute approximate surface area is 192 Å². The fourth-order valence-corrected chi connectivity index (χ4v) is 5.32. The van der Waals surface area contributed by atoms with Crippen molar-refractivity contribution in [1.82, 2.24) is 10.2 Å². The van der Waals surface area contributed by atoms with Crippen LogP contribution >= 0.6 is 0 Å². The zero-order valence-electron chi connectivity index (χ0n) is 18.8. The van der Waals surface area contributed by atoms with Gasteiger partial charge in [-0.05, 0) is 108 Å². The van der Waals surface area contributed by atoms with Crippen molar-refractivity contribution in [2.75, 3.05) is 19.6 Å². The van der Waals surface area contributed by atoms with Crippen molar-refractivity contribution in [3.05, 3.63) is 35.6 Å². The van der Waals surface area contributed by atoms with Crippen LogP contribution in [0.4, 0.5) is 17.6 Å². The van der Waals surface area contributed by atoms with E-state index < -0.39 is 17.5 Å². The van der Waals surface area contributed by atoms with Crippen LogP contribution in [0.25, 0.3) is 0 Å². The summed E-state index contributed by atoms with van der Waals surface area (Å²) in [5.74, 6) is -0.581. The maximum atomic E-state index is 13.1. The third kappa shape index (κ3) is 5.58. The SMILES string of the molecule is O=C(c1ccc(F)cc1)C1CCN(CC[C@H]2CC[C@H](NC(=O)C3(C(F)(F)F)CC3)CC2)CC1. The molecule has 0 aromatic heterocycles. The van der Waals surface area contributed by atoms with Crippen LogP contribution in [-0.4, -0.2) is 48.4 Å². The lowest BCUT2D eigenvalue weighted by molar-refractivity contribution is -0.192. The van der Waals surface area contributed by atoms with Gasteiger partial charge in [0.2, 0.25) is 5.91 Å². The molecule has 1 heterocycles. The highest BCUT2D eigenvalue weighted by Gasteiger charge is 2.68. The summed E-state index contributed by atoms with van der Waals surface area (Å²) < 4.78 is 52.4. The number of carbonyl (C=O) groups excluding carboxylic acids is 2. The smallest absolute Gasteiger partial charge is 0.353 e. The minimum Gasteiger partial charge on any atom is -0.353 e. The molecule has 4 nitrogen and oxygen atoms in total. The van der Waals surface area contributed by atoms with E-state index in [0.717, 1.165) is 64.6 Å². The van der Waals surface area contributed by atoms with Gasteiger partial charge in [-0.2, -0.15) is 13.2 Å². The Morgan fingerprint density at radius 1 is 0.970 bits per heavy atom. The third-order valence-electron chi connectivity index (χ3n) is 7.85. The number of nitrogens with zero attached hydrogens (tertiary/aromatic N) is 1. The topological polar surface area (TPSA) is 49.4 Å². The van der Waals surface area contributed by atoms with E-state index >= 15 is 0 Å². The van der Waals surface area contributed by atoms with Gasteiger partial charge in [0.05, 0.1) is 0 Å². The third-order valence-corrected chi connectivity index (χ3v) is 7.85. The van der Waals surface area contributed by atoms with Gasteiger partial charge in [-0.3, -0.25) is 9.59 Å². The number of hydrogen-bond donors (Lipinski definition) is 1. The summed E-state index contributed by atoms with van der Waals surface area (Å²) in [7, 11) is 0. The van der Waals surface area contributed by atoms with E-state index in [2.05, 4.69) is 10.2 Å². The monoisotopic (exact) mass is 468 g/mol. The molecule has 1 saturated heterocycles. The molecule has 0 unspecified atom stereocenters. The molecule has 1 amide bonds. The highest BCUT2D eigenvalue weighted by molar-refractivity contribution is 5.97. The van der Waals surface area contributed by atoms with Crippen LogP contribution in [0.5, 0.6) is 0 Å². The summed E-state index contributed by atoms with van der Waals surface area (Å²) in [5, 5.41) is 2.66. The highest BCUT2D eigenvalue weighted by atomic mass is 19.4. The molecule has 8 heteroatoms. The molecule has 1 N–H and O–H groups in total. The van der Waals surface area contributed by atoms with Crippen molar-refractivity contribution >= 4 is 11.7 Å². The number of benzene rings is 1. The minimum absolute atomic E-state index is 0.0165. The Morgan fingerprint density at radius 3 is 2.12 bits per heavy atom. The van der Waals surface area contributed by atoms with Gasteiger partial charge in [0.15, 0.2) is 5.78 Å². The van der Waals surface area contributed by atoms with Gasteiger partial charge in [0.1, 0.15) is 11.2 Å². The first-order valence-electron chi connectivity index (χ1n) is 12.1. The molecule has 3 fully saturated rings. The molecule has 0 spiro atoms. The largest absolute Gasteiger partial charge is 0.403 e. The first-order valence-corrected chi connectivity index (χ1v) is 12.1. The molecular formula is C25H32F4N2O2. The number of piperidine rings is 1. The number of halogens is 4. The number of ketones is 1. The number of likely N-dealkylation sites (tertiary alicyclic amines) is 1. The first-order chi connectivity index (χ1) is 15.7. The van der Waals surface area contributed by atoms with Crippen molar-refractivity contribution in [3.63, 3.8) is 0 Å². The lowest BCUT2D eigenvalue weighted by atomic mass is 9.83. The summed E-state index contributed by atoms with van der Waals surface area (Å²) in [6.07, 6.45) is 1.30. The van der Waals surface area contributed by atoms with E-state index in [1.54, 1.807) is 12.1 Å². The summed E-state index contributed by atoms with van der Waals surface area (Å²) in [5.41, 5.74) is -1.56. The van der Waals surface area contributed by atoms with E-state index in [1.807, 2.05) is 0 Å². The van der Waals surface area contributed by atoms with Gasteiger partial charge in [-0.15, -0.1) is 0 Å². The molecule has 2 aliphatic carbocycles. The quantitative estimate of drug-likeness (QED) is 0.446. The van der Waals surface area contributed by atoms with Crippen LogP contribution in [-0.2, 0) is 4.79 Å². The van der Waals surface area contributed by atoms with Gasteiger partial charge in [-0.1, -0.05) is 0 Å².